The molecule has 4 heteroatoms. The Bertz CT molecular complexity index is 599. The van der Waals surface area contributed by atoms with Gasteiger partial charge >= 0.3 is 0 Å². The molecule has 0 amide bonds. The first-order chi connectivity index (χ1) is 10.1. The van der Waals surface area contributed by atoms with Crippen LogP contribution < -0.4 is 5.32 Å². The van der Waals surface area contributed by atoms with E-state index in [4.69, 9.17) is 23.2 Å². The summed E-state index contributed by atoms with van der Waals surface area (Å²) in [5, 5.41) is 4.99. The lowest BCUT2D eigenvalue weighted by Gasteiger charge is -2.21. The summed E-state index contributed by atoms with van der Waals surface area (Å²) in [6, 6.07) is 7.99. The van der Waals surface area contributed by atoms with E-state index in [9.17, 15) is 0 Å². The average Bonchev–Trinajstić information content (AvgIpc) is 2.46. The molecule has 0 saturated heterocycles. The Balaban J connectivity index is 2.26. The molecule has 2 aromatic rings. The van der Waals surface area contributed by atoms with E-state index < -0.39 is 0 Å². The maximum absolute atomic E-state index is 6.31. The van der Waals surface area contributed by atoms with Gasteiger partial charge < -0.3 is 5.32 Å². The molecule has 21 heavy (non-hydrogen) atoms. The summed E-state index contributed by atoms with van der Waals surface area (Å²) in [6.45, 7) is 5.23. The van der Waals surface area contributed by atoms with E-state index in [0.29, 0.717) is 5.02 Å². The lowest BCUT2D eigenvalue weighted by atomic mass is 9.96. The summed E-state index contributed by atoms with van der Waals surface area (Å²) in [7, 11) is 0. The van der Waals surface area contributed by atoms with E-state index in [1.807, 2.05) is 24.5 Å². The SMILES string of the molecule is CCCNC(Cc1ccc(Cl)cc1Cl)c1ccncc1C. The molecule has 0 fully saturated rings. The number of nitrogens with zero attached hydrogens (tertiary/aromatic N) is 1. The minimum atomic E-state index is 0.228. The average molecular weight is 323 g/mol. The van der Waals surface area contributed by atoms with Gasteiger partial charge in [0.2, 0.25) is 0 Å². The highest BCUT2D eigenvalue weighted by Crippen LogP contribution is 2.27. The quantitative estimate of drug-likeness (QED) is 0.811. The van der Waals surface area contributed by atoms with Gasteiger partial charge in [-0.25, -0.2) is 0 Å². The van der Waals surface area contributed by atoms with E-state index in [1.165, 1.54) is 11.1 Å². The number of aromatic nitrogens is 1. The zero-order chi connectivity index (χ0) is 15.2. The van der Waals surface area contributed by atoms with Crippen LogP contribution in [0.25, 0.3) is 0 Å². The van der Waals surface area contributed by atoms with Crippen LogP contribution in [0.15, 0.2) is 36.7 Å². The number of nitrogens with one attached hydrogen (secondary N) is 1. The van der Waals surface area contributed by atoms with Gasteiger partial charge in [0.15, 0.2) is 0 Å². The summed E-state index contributed by atoms with van der Waals surface area (Å²) in [5.41, 5.74) is 3.56. The Morgan fingerprint density at radius 2 is 2.05 bits per heavy atom. The molecular formula is C17H20Cl2N2. The Morgan fingerprint density at radius 3 is 2.71 bits per heavy atom. The predicted molar refractivity (Wildman–Crippen MR) is 90.2 cm³/mol. The molecule has 1 N–H and O–H groups in total. The highest BCUT2D eigenvalue weighted by atomic mass is 35.5. The molecule has 1 aromatic heterocycles. The third-order valence-electron chi connectivity index (χ3n) is 3.52. The van der Waals surface area contributed by atoms with Gasteiger partial charge in [-0.3, -0.25) is 4.98 Å². The first-order valence-electron chi connectivity index (χ1n) is 7.19. The minimum Gasteiger partial charge on any atom is -0.310 e. The van der Waals surface area contributed by atoms with Gasteiger partial charge in [-0.1, -0.05) is 36.2 Å². The molecule has 1 aromatic carbocycles. The molecule has 2 rings (SSSR count). The molecule has 0 spiro atoms. The van der Waals surface area contributed by atoms with Crippen LogP contribution in [-0.4, -0.2) is 11.5 Å². The minimum absolute atomic E-state index is 0.228. The molecule has 2 nitrogen and oxygen atoms in total. The Kier molecular flexibility index (Phi) is 6.04. The third kappa shape index (κ3) is 4.44. The fraction of sp³-hybridized carbons (Fsp3) is 0.353. The second-order valence-corrected chi connectivity index (χ2v) is 6.02. The van der Waals surface area contributed by atoms with Gasteiger partial charge in [0.1, 0.15) is 0 Å². The van der Waals surface area contributed by atoms with Crippen LogP contribution in [0.4, 0.5) is 0 Å². The maximum Gasteiger partial charge on any atom is 0.0453 e. The summed E-state index contributed by atoms with van der Waals surface area (Å²) in [4.78, 5) is 4.17. The molecule has 1 atom stereocenters. The van der Waals surface area contributed by atoms with E-state index >= 15 is 0 Å². The number of hydrogen-bond acceptors (Lipinski definition) is 2. The lowest BCUT2D eigenvalue weighted by molar-refractivity contribution is 0.526. The van der Waals surface area contributed by atoms with Crippen LogP contribution in [0.2, 0.25) is 10.0 Å². The van der Waals surface area contributed by atoms with Crippen molar-refractivity contribution in [3.8, 4) is 0 Å². The molecule has 112 valence electrons. The summed E-state index contributed by atoms with van der Waals surface area (Å²) < 4.78 is 0. The van der Waals surface area contributed by atoms with Gasteiger partial charge in [0, 0.05) is 28.5 Å². The van der Waals surface area contributed by atoms with Crippen molar-refractivity contribution < 1.29 is 0 Å². The summed E-state index contributed by atoms with van der Waals surface area (Å²) in [5.74, 6) is 0. The molecule has 0 saturated carbocycles. The molecule has 1 unspecified atom stereocenters. The molecule has 0 bridgehead atoms. The van der Waals surface area contributed by atoms with Crippen molar-refractivity contribution in [2.75, 3.05) is 6.54 Å². The Hall–Kier alpha value is -1.09. The Morgan fingerprint density at radius 1 is 1.24 bits per heavy atom. The second kappa shape index (κ2) is 7.79. The van der Waals surface area contributed by atoms with Gasteiger partial charge in [-0.15, -0.1) is 0 Å². The van der Waals surface area contributed by atoms with Crippen molar-refractivity contribution in [1.82, 2.24) is 10.3 Å². The van der Waals surface area contributed by atoms with Gasteiger partial charge in [0.25, 0.3) is 0 Å². The van der Waals surface area contributed by atoms with Crippen molar-refractivity contribution in [3.63, 3.8) is 0 Å². The van der Waals surface area contributed by atoms with Crippen molar-refractivity contribution in [3.05, 3.63) is 63.4 Å². The number of aryl methyl sites for hydroxylation is 1. The maximum atomic E-state index is 6.31. The van der Waals surface area contributed by atoms with Crippen LogP contribution >= 0.6 is 23.2 Å². The van der Waals surface area contributed by atoms with E-state index in [2.05, 4.69) is 30.2 Å². The summed E-state index contributed by atoms with van der Waals surface area (Å²) in [6.07, 6.45) is 5.67. The van der Waals surface area contributed by atoms with Gasteiger partial charge in [0.05, 0.1) is 0 Å². The van der Waals surface area contributed by atoms with Gasteiger partial charge in [-0.2, -0.15) is 0 Å². The number of rotatable bonds is 6. The van der Waals surface area contributed by atoms with E-state index in [1.54, 1.807) is 6.07 Å². The standard InChI is InChI=1S/C17H20Cl2N2/c1-3-7-21-17(15-6-8-20-11-12(15)2)9-13-4-5-14(18)10-16(13)19/h4-6,8,10-11,17,21H,3,7,9H2,1-2H3. The first-order valence-corrected chi connectivity index (χ1v) is 7.95. The van der Waals surface area contributed by atoms with Crippen LogP contribution in [0.3, 0.4) is 0 Å². The second-order valence-electron chi connectivity index (χ2n) is 5.18. The molecule has 0 aliphatic carbocycles. The monoisotopic (exact) mass is 322 g/mol. The number of halogens is 2. The third-order valence-corrected chi connectivity index (χ3v) is 4.11. The fourth-order valence-electron chi connectivity index (χ4n) is 2.39. The molecular weight excluding hydrogens is 303 g/mol. The van der Waals surface area contributed by atoms with Crippen LogP contribution in [0, 0.1) is 6.92 Å². The van der Waals surface area contributed by atoms with Gasteiger partial charge in [-0.05, 0) is 61.2 Å². The predicted octanol–water partition coefficient (Wildman–Crippen LogP) is 4.98. The van der Waals surface area contributed by atoms with E-state index in [-0.39, 0.29) is 6.04 Å². The first kappa shape index (κ1) is 16.3. The highest BCUT2D eigenvalue weighted by Gasteiger charge is 2.15. The Labute approximate surface area is 136 Å². The smallest absolute Gasteiger partial charge is 0.0453 e. The fourth-order valence-corrected chi connectivity index (χ4v) is 2.88. The van der Waals surface area contributed by atoms with Crippen molar-refractivity contribution in [2.24, 2.45) is 0 Å². The normalized spacial score (nSPS) is 12.4. The summed E-state index contributed by atoms with van der Waals surface area (Å²) >= 11 is 12.3. The molecule has 0 radical (unpaired) electrons. The van der Waals surface area contributed by atoms with E-state index in [0.717, 1.165) is 30.0 Å². The van der Waals surface area contributed by atoms with Crippen LogP contribution in [0.5, 0.6) is 0 Å². The van der Waals surface area contributed by atoms with Crippen molar-refractivity contribution >= 4 is 23.2 Å². The van der Waals surface area contributed by atoms with Crippen molar-refractivity contribution in [1.29, 1.82) is 0 Å². The zero-order valence-electron chi connectivity index (χ0n) is 12.4. The number of hydrogen-bond donors (Lipinski definition) is 1. The van der Waals surface area contributed by atoms with Crippen LogP contribution in [0.1, 0.15) is 36.1 Å². The molecule has 0 aliphatic rings. The zero-order valence-corrected chi connectivity index (χ0v) is 13.9. The lowest BCUT2D eigenvalue weighted by Crippen LogP contribution is -2.25. The molecule has 1 heterocycles. The largest absolute Gasteiger partial charge is 0.310 e. The highest BCUT2D eigenvalue weighted by molar-refractivity contribution is 6.35. The number of pyridine rings is 1. The number of benzene rings is 1. The topological polar surface area (TPSA) is 24.9 Å². The molecule has 0 aliphatic heterocycles. The van der Waals surface area contributed by atoms with Crippen molar-refractivity contribution in [2.45, 2.75) is 32.7 Å². The van der Waals surface area contributed by atoms with Crippen LogP contribution in [-0.2, 0) is 6.42 Å².